The van der Waals surface area contributed by atoms with Crippen LogP contribution in [0.5, 0.6) is 0 Å². The Morgan fingerprint density at radius 1 is 1.30 bits per heavy atom. The van der Waals surface area contributed by atoms with Crippen molar-refractivity contribution in [1.29, 1.82) is 0 Å². The van der Waals surface area contributed by atoms with Gasteiger partial charge in [-0.05, 0) is 36.8 Å². The Morgan fingerprint density at radius 2 is 2.00 bits per heavy atom. The summed E-state index contributed by atoms with van der Waals surface area (Å²) in [5, 5.41) is 2.69. The quantitative estimate of drug-likeness (QED) is 0.909. The number of hydrogen-bond donors (Lipinski definition) is 1. The lowest BCUT2D eigenvalue weighted by molar-refractivity contribution is 0.0910. The topological polar surface area (TPSA) is 76.4 Å². The summed E-state index contributed by atoms with van der Waals surface area (Å²) in [4.78, 5) is 11.7. The molecule has 7 heteroatoms. The average molecular weight is 339 g/mol. The van der Waals surface area contributed by atoms with Gasteiger partial charge >= 0.3 is 0 Å². The molecule has 1 N–H and O–H groups in total. The maximum atomic E-state index is 13.9. The fourth-order valence-corrected chi connectivity index (χ4v) is 2.86. The minimum Gasteiger partial charge on any atom is -0.456 e. The van der Waals surface area contributed by atoms with E-state index in [9.17, 15) is 17.6 Å². The van der Waals surface area contributed by atoms with Crippen LogP contribution in [0, 0.1) is 5.82 Å². The summed E-state index contributed by atoms with van der Waals surface area (Å²) in [6.45, 7) is 3.59. The second kappa shape index (κ2) is 6.54. The third-order valence-corrected chi connectivity index (χ3v) is 4.57. The first-order chi connectivity index (χ1) is 10.7. The van der Waals surface area contributed by atoms with Crippen molar-refractivity contribution >= 4 is 15.7 Å². The molecule has 1 heterocycles. The number of benzene rings is 1. The molecule has 0 spiro atoms. The Hall–Kier alpha value is -2.15. The third-order valence-electron chi connectivity index (χ3n) is 3.44. The van der Waals surface area contributed by atoms with Crippen molar-refractivity contribution in [2.75, 3.05) is 6.26 Å². The van der Waals surface area contributed by atoms with Gasteiger partial charge in [-0.2, -0.15) is 0 Å². The molecule has 0 aliphatic heterocycles. The average Bonchev–Trinajstić information content (AvgIpc) is 2.94. The number of amides is 1. The number of carbonyl (C=O) groups excluding carboxylic acids is 1. The Morgan fingerprint density at radius 3 is 2.52 bits per heavy atom. The van der Waals surface area contributed by atoms with E-state index in [1.807, 2.05) is 6.92 Å². The molecule has 1 amide bonds. The van der Waals surface area contributed by atoms with E-state index in [0.717, 1.165) is 12.3 Å². The van der Waals surface area contributed by atoms with Gasteiger partial charge < -0.3 is 9.73 Å². The number of furan rings is 1. The molecule has 0 saturated carbocycles. The van der Waals surface area contributed by atoms with Crippen LogP contribution >= 0.6 is 0 Å². The second-order valence-corrected chi connectivity index (χ2v) is 7.26. The smallest absolute Gasteiger partial charge is 0.287 e. The van der Waals surface area contributed by atoms with Crippen LogP contribution in [0.25, 0.3) is 0 Å². The Bertz CT molecular complexity index is 826. The van der Waals surface area contributed by atoms with Crippen LogP contribution in [-0.4, -0.2) is 20.6 Å². The molecule has 2 aromatic rings. The van der Waals surface area contributed by atoms with Gasteiger partial charge in [-0.15, -0.1) is 0 Å². The SMILES string of the molecule is CCc1ccc(C(=O)N[C@H](C)c2ccc(S(C)(=O)=O)c(F)c2)o1. The molecule has 124 valence electrons. The zero-order valence-electron chi connectivity index (χ0n) is 13.1. The lowest BCUT2D eigenvalue weighted by Crippen LogP contribution is -2.26. The highest BCUT2D eigenvalue weighted by Crippen LogP contribution is 2.20. The minimum absolute atomic E-state index is 0.182. The van der Waals surface area contributed by atoms with Gasteiger partial charge in [-0.3, -0.25) is 4.79 Å². The number of hydrogen-bond acceptors (Lipinski definition) is 4. The van der Waals surface area contributed by atoms with Crippen LogP contribution in [0.1, 0.15) is 41.8 Å². The van der Waals surface area contributed by atoms with Crippen molar-refractivity contribution in [3.05, 3.63) is 53.2 Å². The zero-order valence-corrected chi connectivity index (χ0v) is 13.9. The lowest BCUT2D eigenvalue weighted by Gasteiger charge is -2.14. The third kappa shape index (κ3) is 3.98. The summed E-state index contributed by atoms with van der Waals surface area (Å²) >= 11 is 0. The lowest BCUT2D eigenvalue weighted by atomic mass is 10.1. The molecule has 1 atom stereocenters. The molecule has 0 saturated heterocycles. The highest BCUT2D eigenvalue weighted by atomic mass is 32.2. The van der Waals surface area contributed by atoms with Gasteiger partial charge in [0, 0.05) is 12.7 Å². The molecular weight excluding hydrogens is 321 g/mol. The first kappa shape index (κ1) is 17.2. The van der Waals surface area contributed by atoms with E-state index in [4.69, 9.17) is 4.42 Å². The predicted molar refractivity (Wildman–Crippen MR) is 83.5 cm³/mol. The summed E-state index contributed by atoms with van der Waals surface area (Å²) < 4.78 is 42.1. The van der Waals surface area contributed by atoms with Gasteiger partial charge in [0.15, 0.2) is 15.6 Å². The maximum Gasteiger partial charge on any atom is 0.287 e. The minimum atomic E-state index is -3.62. The van der Waals surface area contributed by atoms with E-state index in [1.165, 1.54) is 12.1 Å². The molecule has 0 fully saturated rings. The van der Waals surface area contributed by atoms with Crippen LogP contribution in [0.2, 0.25) is 0 Å². The summed E-state index contributed by atoms with van der Waals surface area (Å²) in [5.41, 5.74) is 0.463. The fourth-order valence-electron chi connectivity index (χ4n) is 2.13. The van der Waals surface area contributed by atoms with Gasteiger partial charge in [-0.25, -0.2) is 12.8 Å². The normalized spacial score (nSPS) is 12.9. The van der Waals surface area contributed by atoms with Gasteiger partial charge in [0.05, 0.1) is 6.04 Å². The van der Waals surface area contributed by atoms with Gasteiger partial charge in [0.2, 0.25) is 0 Å². The first-order valence-corrected chi connectivity index (χ1v) is 9.00. The van der Waals surface area contributed by atoms with Gasteiger partial charge in [0.25, 0.3) is 5.91 Å². The van der Waals surface area contributed by atoms with Gasteiger partial charge in [-0.1, -0.05) is 13.0 Å². The van der Waals surface area contributed by atoms with E-state index in [1.54, 1.807) is 19.1 Å². The summed E-state index contributed by atoms with van der Waals surface area (Å²) in [7, 11) is -3.62. The molecular formula is C16H18FNO4S. The number of rotatable bonds is 5. The summed E-state index contributed by atoms with van der Waals surface area (Å²) in [5.74, 6) is -0.365. The number of halogens is 1. The van der Waals surface area contributed by atoms with E-state index in [0.29, 0.717) is 17.7 Å². The fraction of sp³-hybridized carbons (Fsp3) is 0.312. The largest absolute Gasteiger partial charge is 0.456 e. The Labute approximate surface area is 134 Å². The van der Waals surface area contributed by atoms with Crippen molar-refractivity contribution in [2.45, 2.75) is 31.2 Å². The Balaban J connectivity index is 2.16. The molecule has 0 aliphatic carbocycles. The Kier molecular flexibility index (Phi) is 4.89. The zero-order chi connectivity index (χ0) is 17.2. The van der Waals surface area contributed by atoms with Crippen molar-refractivity contribution in [1.82, 2.24) is 5.32 Å². The van der Waals surface area contributed by atoms with Crippen LogP contribution in [0.15, 0.2) is 39.6 Å². The van der Waals surface area contributed by atoms with Crippen molar-refractivity contribution < 1.29 is 22.0 Å². The summed E-state index contributed by atoms with van der Waals surface area (Å²) in [6, 6.07) is 6.59. The maximum absolute atomic E-state index is 13.9. The van der Waals surface area contributed by atoms with E-state index >= 15 is 0 Å². The molecule has 1 aromatic heterocycles. The van der Waals surface area contributed by atoms with E-state index in [2.05, 4.69) is 5.32 Å². The van der Waals surface area contributed by atoms with Crippen LogP contribution < -0.4 is 5.32 Å². The molecule has 5 nitrogen and oxygen atoms in total. The monoisotopic (exact) mass is 339 g/mol. The molecule has 2 rings (SSSR count). The molecule has 23 heavy (non-hydrogen) atoms. The molecule has 0 aliphatic rings. The van der Waals surface area contributed by atoms with Crippen LogP contribution in [0.4, 0.5) is 4.39 Å². The molecule has 0 radical (unpaired) electrons. The standard InChI is InChI=1S/C16H18FNO4S/c1-4-12-6-7-14(22-12)16(19)18-10(2)11-5-8-15(13(17)9-11)23(3,20)21/h5-10H,4H2,1-3H3,(H,18,19)/t10-/m1/s1. The van der Waals surface area contributed by atoms with Crippen molar-refractivity contribution in [2.24, 2.45) is 0 Å². The van der Waals surface area contributed by atoms with E-state index in [-0.39, 0.29) is 10.7 Å². The second-order valence-electron chi connectivity index (χ2n) is 5.28. The molecule has 1 aromatic carbocycles. The number of nitrogens with one attached hydrogen (secondary N) is 1. The van der Waals surface area contributed by atoms with Gasteiger partial charge in [0.1, 0.15) is 16.5 Å². The highest BCUT2D eigenvalue weighted by molar-refractivity contribution is 7.90. The first-order valence-electron chi connectivity index (χ1n) is 7.11. The van der Waals surface area contributed by atoms with E-state index < -0.39 is 27.6 Å². The van der Waals surface area contributed by atoms with Crippen LogP contribution in [0.3, 0.4) is 0 Å². The molecule has 0 bridgehead atoms. The molecule has 0 unspecified atom stereocenters. The number of sulfone groups is 1. The highest BCUT2D eigenvalue weighted by Gasteiger charge is 2.18. The van der Waals surface area contributed by atoms with Crippen molar-refractivity contribution in [3.63, 3.8) is 0 Å². The number of aryl methyl sites for hydroxylation is 1. The predicted octanol–water partition coefficient (Wildman–Crippen LogP) is 2.88. The van der Waals surface area contributed by atoms with Crippen LogP contribution in [-0.2, 0) is 16.3 Å². The van der Waals surface area contributed by atoms with Crippen molar-refractivity contribution in [3.8, 4) is 0 Å². The number of carbonyl (C=O) groups is 1. The summed E-state index contributed by atoms with van der Waals surface area (Å²) in [6.07, 6.45) is 1.62.